The Kier molecular flexibility index (Phi) is 5.49. The zero-order valence-electron chi connectivity index (χ0n) is 20.0. The van der Waals surface area contributed by atoms with Crippen molar-refractivity contribution in [2.75, 3.05) is 5.32 Å². The van der Waals surface area contributed by atoms with E-state index in [0.717, 1.165) is 40.9 Å². The van der Waals surface area contributed by atoms with Gasteiger partial charge in [-0.2, -0.15) is 0 Å². The average Bonchev–Trinajstić information content (AvgIpc) is 3.44. The zero-order chi connectivity index (χ0) is 24.1. The summed E-state index contributed by atoms with van der Waals surface area (Å²) in [6.07, 6.45) is 6.62. The van der Waals surface area contributed by atoms with E-state index in [1.807, 2.05) is 60.4 Å². The molecule has 178 valence electrons. The fourth-order valence-electron chi connectivity index (χ4n) is 5.49. The number of thiophene rings is 1. The lowest BCUT2D eigenvalue weighted by Gasteiger charge is -2.31. The topological polar surface area (TPSA) is 37.3 Å². The number of nitrogens with zero attached hydrogens (tertiary/aromatic N) is 2. The van der Waals surface area contributed by atoms with E-state index in [1.165, 1.54) is 39.9 Å². The maximum Gasteiger partial charge on any atom is 0.322 e. The molecular formula is C29H28FN3OS. The van der Waals surface area contributed by atoms with Crippen LogP contribution in [0.25, 0.3) is 5.00 Å². The minimum Gasteiger partial charge on any atom is -0.310 e. The van der Waals surface area contributed by atoms with Crippen LogP contribution in [0.4, 0.5) is 14.9 Å². The molecule has 3 heterocycles. The lowest BCUT2D eigenvalue weighted by atomic mass is 9.95. The third kappa shape index (κ3) is 3.76. The first-order valence-corrected chi connectivity index (χ1v) is 13.0. The van der Waals surface area contributed by atoms with E-state index in [-0.39, 0.29) is 11.8 Å². The molecule has 2 aromatic carbocycles. The first-order valence-electron chi connectivity index (χ1n) is 12.2. The van der Waals surface area contributed by atoms with Crippen LogP contribution in [0, 0.1) is 19.7 Å². The highest BCUT2D eigenvalue weighted by Crippen LogP contribution is 2.44. The molecular weight excluding hydrogens is 457 g/mol. The van der Waals surface area contributed by atoms with E-state index in [1.54, 1.807) is 12.1 Å². The van der Waals surface area contributed by atoms with Crippen LogP contribution < -0.4 is 5.32 Å². The molecule has 0 saturated heterocycles. The van der Waals surface area contributed by atoms with Gasteiger partial charge in [0, 0.05) is 22.3 Å². The Morgan fingerprint density at radius 3 is 2.71 bits per heavy atom. The zero-order valence-corrected chi connectivity index (χ0v) is 20.8. The molecule has 4 nitrogen and oxygen atoms in total. The van der Waals surface area contributed by atoms with Crippen LogP contribution in [-0.2, 0) is 19.4 Å². The molecule has 6 heteroatoms. The largest absolute Gasteiger partial charge is 0.322 e. The number of rotatable bonds is 2. The van der Waals surface area contributed by atoms with Crippen LogP contribution in [0.3, 0.4) is 0 Å². The van der Waals surface area contributed by atoms with Gasteiger partial charge >= 0.3 is 6.03 Å². The number of anilines is 1. The molecule has 0 saturated carbocycles. The quantitative estimate of drug-likeness (QED) is 0.318. The predicted octanol–water partition coefficient (Wildman–Crippen LogP) is 7.31. The smallest absolute Gasteiger partial charge is 0.310 e. The third-order valence-corrected chi connectivity index (χ3v) is 8.78. The van der Waals surface area contributed by atoms with Gasteiger partial charge in [-0.1, -0.05) is 24.3 Å². The monoisotopic (exact) mass is 485 g/mol. The number of nitrogens with one attached hydrogen (secondary N) is 1. The number of hydrogen-bond donors (Lipinski definition) is 1. The number of fused-ring (bicyclic) bond motifs is 5. The number of carbonyl (C=O) groups excluding carboxylic acids is 1. The summed E-state index contributed by atoms with van der Waals surface area (Å²) in [5.74, 6) is -0.299. The lowest BCUT2D eigenvalue weighted by molar-refractivity contribution is 0.194. The first kappa shape index (κ1) is 22.1. The Hall–Kier alpha value is -3.38. The van der Waals surface area contributed by atoms with Gasteiger partial charge in [-0.15, -0.1) is 11.3 Å². The highest BCUT2D eigenvalue weighted by molar-refractivity contribution is 7.15. The van der Waals surface area contributed by atoms with Gasteiger partial charge in [-0.25, -0.2) is 9.18 Å². The predicted molar refractivity (Wildman–Crippen MR) is 139 cm³/mol. The number of carbonyl (C=O) groups is 1. The number of halogens is 1. The van der Waals surface area contributed by atoms with Crippen molar-refractivity contribution in [3.05, 3.63) is 105 Å². The van der Waals surface area contributed by atoms with Crippen molar-refractivity contribution >= 4 is 23.1 Å². The standard InChI is InChI=1S/C29H28FN3OS/c1-18-8-5-12-24(19(18)2)31-29(34)33-17-23-22-11-3-4-14-26(22)35-28(23)32-15-7-13-25(32)27(33)20-9-6-10-21(30)16-20/h5-10,12-13,15-16,27H,3-4,11,14,17H2,1-2H3,(H,31,34)/t27-/m0/s1. The van der Waals surface area contributed by atoms with Gasteiger partial charge in [-0.05, 0) is 92.1 Å². The molecule has 0 bridgehead atoms. The van der Waals surface area contributed by atoms with Gasteiger partial charge in [0.05, 0.1) is 18.3 Å². The summed E-state index contributed by atoms with van der Waals surface area (Å²) >= 11 is 1.85. The van der Waals surface area contributed by atoms with Gasteiger partial charge < -0.3 is 14.8 Å². The molecule has 0 spiro atoms. The van der Waals surface area contributed by atoms with E-state index in [0.29, 0.717) is 6.54 Å². The van der Waals surface area contributed by atoms with Crippen molar-refractivity contribution in [3.63, 3.8) is 0 Å². The normalized spacial score (nSPS) is 16.8. The molecule has 1 atom stereocenters. The number of aromatic nitrogens is 1. The molecule has 1 aliphatic heterocycles. The molecule has 0 unspecified atom stereocenters. The third-order valence-electron chi connectivity index (χ3n) is 7.45. The summed E-state index contributed by atoms with van der Waals surface area (Å²) in [6.45, 7) is 4.56. The maximum absolute atomic E-state index is 14.4. The summed E-state index contributed by atoms with van der Waals surface area (Å²) < 4.78 is 16.6. The van der Waals surface area contributed by atoms with E-state index in [4.69, 9.17) is 0 Å². The van der Waals surface area contributed by atoms with Crippen molar-refractivity contribution in [3.8, 4) is 5.00 Å². The molecule has 0 radical (unpaired) electrons. The van der Waals surface area contributed by atoms with Crippen molar-refractivity contribution in [2.24, 2.45) is 0 Å². The minimum atomic E-state index is -0.412. The molecule has 2 amide bonds. The number of amides is 2. The van der Waals surface area contributed by atoms with Crippen LogP contribution in [0.2, 0.25) is 0 Å². The second kappa shape index (κ2) is 8.68. The van der Waals surface area contributed by atoms with Crippen LogP contribution in [0.1, 0.15) is 57.3 Å². The summed E-state index contributed by atoms with van der Waals surface area (Å²) in [7, 11) is 0. The number of aryl methyl sites for hydroxylation is 2. The SMILES string of the molecule is Cc1cccc(NC(=O)N2Cc3c(sc4c3CCCC4)-n3cccc3[C@@H]2c2cccc(F)c2)c1C. The Morgan fingerprint density at radius 1 is 1.03 bits per heavy atom. The summed E-state index contributed by atoms with van der Waals surface area (Å²) in [6, 6.07) is 16.1. The molecule has 35 heavy (non-hydrogen) atoms. The van der Waals surface area contributed by atoms with Gasteiger partial charge in [0.1, 0.15) is 10.8 Å². The van der Waals surface area contributed by atoms with Crippen LogP contribution >= 0.6 is 11.3 Å². The maximum atomic E-state index is 14.4. The Balaban J connectivity index is 1.51. The lowest BCUT2D eigenvalue weighted by Crippen LogP contribution is -2.38. The molecule has 0 fully saturated rings. The summed E-state index contributed by atoms with van der Waals surface area (Å²) in [4.78, 5) is 17.3. The Morgan fingerprint density at radius 2 is 1.86 bits per heavy atom. The second-order valence-electron chi connectivity index (χ2n) is 9.56. The molecule has 2 aromatic heterocycles. The van der Waals surface area contributed by atoms with Crippen LogP contribution in [0.5, 0.6) is 0 Å². The number of benzene rings is 2. The highest BCUT2D eigenvalue weighted by atomic mass is 32.1. The van der Waals surface area contributed by atoms with Crippen LogP contribution in [0.15, 0.2) is 60.8 Å². The minimum absolute atomic E-state index is 0.177. The van der Waals surface area contributed by atoms with Crippen molar-refractivity contribution in [1.82, 2.24) is 9.47 Å². The Bertz CT molecular complexity index is 1440. The Labute approximate surface area is 209 Å². The van der Waals surface area contributed by atoms with Crippen molar-refractivity contribution in [1.29, 1.82) is 0 Å². The molecule has 6 rings (SSSR count). The second-order valence-corrected chi connectivity index (χ2v) is 10.6. The molecule has 1 aliphatic carbocycles. The van der Waals surface area contributed by atoms with E-state index in [9.17, 15) is 9.18 Å². The van der Waals surface area contributed by atoms with Gasteiger partial charge in [0.25, 0.3) is 0 Å². The highest BCUT2D eigenvalue weighted by Gasteiger charge is 2.36. The molecule has 4 aromatic rings. The van der Waals surface area contributed by atoms with Gasteiger partial charge in [0.15, 0.2) is 0 Å². The van der Waals surface area contributed by atoms with Gasteiger partial charge in [0.2, 0.25) is 0 Å². The van der Waals surface area contributed by atoms with Crippen LogP contribution in [-0.4, -0.2) is 15.5 Å². The average molecular weight is 486 g/mol. The van der Waals surface area contributed by atoms with Gasteiger partial charge in [-0.3, -0.25) is 0 Å². The fourth-order valence-corrected chi connectivity index (χ4v) is 6.89. The summed E-state index contributed by atoms with van der Waals surface area (Å²) in [5, 5.41) is 4.37. The molecule has 1 N–H and O–H groups in total. The van der Waals surface area contributed by atoms with E-state index >= 15 is 0 Å². The summed E-state index contributed by atoms with van der Waals surface area (Å²) in [5.41, 5.74) is 7.37. The first-order chi connectivity index (χ1) is 17.0. The van der Waals surface area contributed by atoms with Crippen molar-refractivity contribution in [2.45, 2.75) is 52.1 Å². The number of hydrogen-bond acceptors (Lipinski definition) is 2. The van der Waals surface area contributed by atoms with E-state index in [2.05, 4.69) is 22.1 Å². The fraction of sp³-hybridized carbons (Fsp3) is 0.276. The van der Waals surface area contributed by atoms with Crippen molar-refractivity contribution < 1.29 is 9.18 Å². The molecule has 2 aliphatic rings. The van der Waals surface area contributed by atoms with E-state index < -0.39 is 6.04 Å². The number of urea groups is 1.